The van der Waals surface area contributed by atoms with Crippen molar-refractivity contribution in [2.24, 2.45) is 12.8 Å². The molecule has 1 unspecified atom stereocenters. The van der Waals surface area contributed by atoms with Crippen LogP contribution < -0.4 is 5.73 Å². The van der Waals surface area contributed by atoms with Crippen LogP contribution in [0.25, 0.3) is 0 Å². The summed E-state index contributed by atoms with van der Waals surface area (Å²) in [6.45, 7) is 4.75. The minimum Gasteiger partial charge on any atom is -0.324 e. The van der Waals surface area contributed by atoms with Crippen LogP contribution in [0.4, 0.5) is 0 Å². The Bertz CT molecular complexity index is 543. The Kier molecular flexibility index (Phi) is 3.73. The smallest absolute Gasteiger partial charge is 0.0847 e. The lowest BCUT2D eigenvalue weighted by molar-refractivity contribution is 0.587. The summed E-state index contributed by atoms with van der Waals surface area (Å²) in [5, 5.41) is 9.24. The number of hydrogen-bond acceptors (Lipinski definition) is 3. The first-order chi connectivity index (χ1) is 8.52. The average Bonchev–Trinajstić information content (AvgIpc) is 2.88. The minimum atomic E-state index is -0.113. The number of nitrogens with two attached hydrogens (primary N) is 1. The third kappa shape index (κ3) is 2.42. The molecule has 98 valence electrons. The standard InChI is InChI=1S/C12H18ClN5/c1-4-18-11(12(13)8(2)16-18)5-10(14)9-6-15-17(3)7-9/h6-7,10H,4-5,14H2,1-3H3. The normalized spacial score (nSPS) is 12.9. The molecule has 0 aliphatic rings. The van der Waals surface area contributed by atoms with E-state index in [-0.39, 0.29) is 6.04 Å². The fourth-order valence-corrected chi connectivity index (χ4v) is 2.23. The Balaban J connectivity index is 2.23. The quantitative estimate of drug-likeness (QED) is 0.919. The Labute approximate surface area is 112 Å². The van der Waals surface area contributed by atoms with Gasteiger partial charge in [0.1, 0.15) is 0 Å². The maximum atomic E-state index is 6.27. The highest BCUT2D eigenvalue weighted by Gasteiger charge is 2.17. The maximum Gasteiger partial charge on any atom is 0.0847 e. The monoisotopic (exact) mass is 267 g/mol. The number of halogens is 1. The molecule has 5 nitrogen and oxygen atoms in total. The first-order valence-electron chi connectivity index (χ1n) is 5.98. The fraction of sp³-hybridized carbons (Fsp3) is 0.500. The first-order valence-corrected chi connectivity index (χ1v) is 6.36. The lowest BCUT2D eigenvalue weighted by atomic mass is 10.1. The van der Waals surface area contributed by atoms with Gasteiger partial charge >= 0.3 is 0 Å². The van der Waals surface area contributed by atoms with Crippen molar-refractivity contribution in [2.75, 3.05) is 0 Å². The van der Waals surface area contributed by atoms with Crippen molar-refractivity contribution in [1.29, 1.82) is 0 Å². The van der Waals surface area contributed by atoms with Crippen molar-refractivity contribution >= 4 is 11.6 Å². The van der Waals surface area contributed by atoms with Crippen molar-refractivity contribution in [2.45, 2.75) is 32.9 Å². The topological polar surface area (TPSA) is 61.7 Å². The second kappa shape index (κ2) is 5.12. The van der Waals surface area contributed by atoms with Crippen LogP contribution in [0.15, 0.2) is 12.4 Å². The van der Waals surface area contributed by atoms with E-state index in [9.17, 15) is 0 Å². The van der Waals surface area contributed by atoms with Crippen LogP contribution in [-0.4, -0.2) is 19.6 Å². The van der Waals surface area contributed by atoms with Gasteiger partial charge in [-0.25, -0.2) is 0 Å². The molecule has 1 atom stereocenters. The molecule has 0 aliphatic carbocycles. The van der Waals surface area contributed by atoms with E-state index in [1.54, 1.807) is 10.9 Å². The van der Waals surface area contributed by atoms with E-state index in [1.807, 2.05) is 31.8 Å². The van der Waals surface area contributed by atoms with Crippen LogP contribution in [0.1, 0.15) is 29.9 Å². The van der Waals surface area contributed by atoms with E-state index in [0.29, 0.717) is 6.42 Å². The lowest BCUT2D eigenvalue weighted by Gasteiger charge is -2.11. The molecule has 0 bridgehead atoms. The predicted octanol–water partition coefficient (Wildman–Crippen LogP) is 1.84. The second-order valence-electron chi connectivity index (χ2n) is 4.42. The molecule has 2 N–H and O–H groups in total. The van der Waals surface area contributed by atoms with E-state index >= 15 is 0 Å². The molecule has 2 aromatic heterocycles. The van der Waals surface area contributed by atoms with E-state index in [0.717, 1.165) is 28.5 Å². The molecular weight excluding hydrogens is 250 g/mol. The molecule has 0 saturated heterocycles. The summed E-state index contributed by atoms with van der Waals surface area (Å²) in [4.78, 5) is 0. The van der Waals surface area contributed by atoms with Crippen LogP contribution in [0.5, 0.6) is 0 Å². The number of hydrogen-bond donors (Lipinski definition) is 1. The summed E-state index contributed by atoms with van der Waals surface area (Å²) in [6.07, 6.45) is 4.38. The fourth-order valence-electron chi connectivity index (χ4n) is 2.02. The van der Waals surface area contributed by atoms with E-state index in [2.05, 4.69) is 10.2 Å². The molecular formula is C12H18ClN5. The molecule has 0 aliphatic heterocycles. The number of rotatable bonds is 4. The van der Waals surface area contributed by atoms with Gasteiger partial charge in [0.05, 0.1) is 22.6 Å². The Hall–Kier alpha value is -1.33. The van der Waals surface area contributed by atoms with Gasteiger partial charge < -0.3 is 5.73 Å². The highest BCUT2D eigenvalue weighted by Crippen LogP contribution is 2.24. The zero-order chi connectivity index (χ0) is 13.3. The van der Waals surface area contributed by atoms with Crippen LogP contribution in [0.3, 0.4) is 0 Å². The van der Waals surface area contributed by atoms with Crippen molar-refractivity contribution in [3.8, 4) is 0 Å². The molecule has 0 aromatic carbocycles. The SMILES string of the molecule is CCn1nc(C)c(Cl)c1CC(N)c1cnn(C)c1. The van der Waals surface area contributed by atoms with Crippen LogP contribution in [0.2, 0.25) is 5.02 Å². The van der Waals surface area contributed by atoms with Gasteiger partial charge in [-0.15, -0.1) is 0 Å². The molecule has 18 heavy (non-hydrogen) atoms. The molecule has 2 heterocycles. The minimum absolute atomic E-state index is 0.113. The van der Waals surface area contributed by atoms with Gasteiger partial charge in [0.15, 0.2) is 0 Å². The van der Waals surface area contributed by atoms with Gasteiger partial charge in [0.2, 0.25) is 0 Å². The van der Waals surface area contributed by atoms with Crippen molar-refractivity contribution in [1.82, 2.24) is 19.6 Å². The third-order valence-corrected chi connectivity index (χ3v) is 3.51. The molecule has 2 rings (SSSR count). The van der Waals surface area contributed by atoms with Crippen molar-refractivity contribution in [3.05, 3.63) is 34.4 Å². The highest BCUT2D eigenvalue weighted by atomic mass is 35.5. The van der Waals surface area contributed by atoms with Gasteiger partial charge in [0.25, 0.3) is 0 Å². The van der Waals surface area contributed by atoms with Gasteiger partial charge in [0, 0.05) is 37.8 Å². The van der Waals surface area contributed by atoms with E-state index in [1.165, 1.54) is 0 Å². The summed E-state index contributed by atoms with van der Waals surface area (Å²) in [7, 11) is 1.88. The third-order valence-electron chi connectivity index (χ3n) is 3.02. The second-order valence-corrected chi connectivity index (χ2v) is 4.80. The van der Waals surface area contributed by atoms with Gasteiger partial charge in [-0.3, -0.25) is 9.36 Å². The maximum absolute atomic E-state index is 6.27. The molecule has 0 radical (unpaired) electrons. The number of aromatic nitrogens is 4. The summed E-state index contributed by atoms with van der Waals surface area (Å²) in [5.74, 6) is 0. The molecule has 0 fully saturated rings. The number of nitrogens with zero attached hydrogens (tertiary/aromatic N) is 4. The predicted molar refractivity (Wildman–Crippen MR) is 71.5 cm³/mol. The van der Waals surface area contributed by atoms with Gasteiger partial charge in [-0.2, -0.15) is 10.2 Å². The number of aryl methyl sites for hydroxylation is 3. The lowest BCUT2D eigenvalue weighted by Crippen LogP contribution is -2.16. The molecule has 0 amide bonds. The zero-order valence-electron chi connectivity index (χ0n) is 10.9. The Morgan fingerprint density at radius 3 is 2.78 bits per heavy atom. The van der Waals surface area contributed by atoms with Crippen molar-refractivity contribution in [3.63, 3.8) is 0 Å². The summed E-state index contributed by atoms with van der Waals surface area (Å²) >= 11 is 6.27. The van der Waals surface area contributed by atoms with Gasteiger partial charge in [-0.05, 0) is 13.8 Å². The summed E-state index contributed by atoms with van der Waals surface area (Å²) in [5.41, 5.74) is 9.05. The Morgan fingerprint density at radius 2 is 2.22 bits per heavy atom. The largest absolute Gasteiger partial charge is 0.324 e. The van der Waals surface area contributed by atoms with E-state index in [4.69, 9.17) is 17.3 Å². The molecule has 0 saturated carbocycles. The van der Waals surface area contributed by atoms with Crippen LogP contribution >= 0.6 is 11.6 Å². The van der Waals surface area contributed by atoms with Crippen LogP contribution in [0, 0.1) is 6.92 Å². The van der Waals surface area contributed by atoms with Gasteiger partial charge in [-0.1, -0.05) is 11.6 Å². The molecule has 6 heteroatoms. The molecule has 0 spiro atoms. The Morgan fingerprint density at radius 1 is 1.50 bits per heavy atom. The van der Waals surface area contributed by atoms with Crippen molar-refractivity contribution < 1.29 is 0 Å². The highest BCUT2D eigenvalue weighted by molar-refractivity contribution is 6.31. The first kappa shape index (κ1) is 13.1. The van der Waals surface area contributed by atoms with E-state index < -0.39 is 0 Å². The zero-order valence-corrected chi connectivity index (χ0v) is 11.6. The average molecular weight is 268 g/mol. The summed E-state index contributed by atoms with van der Waals surface area (Å²) < 4.78 is 3.66. The summed E-state index contributed by atoms with van der Waals surface area (Å²) in [6, 6.07) is -0.113. The van der Waals surface area contributed by atoms with Crippen LogP contribution in [-0.2, 0) is 20.0 Å². The molecule has 2 aromatic rings.